The van der Waals surface area contributed by atoms with Crippen molar-refractivity contribution in [3.8, 4) is 0 Å². The fourth-order valence-electron chi connectivity index (χ4n) is 0.520. The number of nitrogens with zero attached hydrogens (tertiary/aromatic N) is 2. The van der Waals surface area contributed by atoms with Gasteiger partial charge in [-0.2, -0.15) is 0 Å². The maximum atomic E-state index is 9.73. The van der Waals surface area contributed by atoms with Crippen LogP contribution >= 0.6 is 0 Å². The molecule has 0 saturated carbocycles. The van der Waals surface area contributed by atoms with E-state index in [1.807, 2.05) is 12.2 Å². The van der Waals surface area contributed by atoms with Crippen molar-refractivity contribution in [1.82, 2.24) is 5.01 Å². The molecule has 0 aliphatic carbocycles. The van der Waals surface area contributed by atoms with Crippen molar-refractivity contribution in [2.24, 2.45) is 5.29 Å². The van der Waals surface area contributed by atoms with Gasteiger partial charge in [-0.1, -0.05) is 12.2 Å². The van der Waals surface area contributed by atoms with Crippen molar-refractivity contribution in [2.75, 3.05) is 0 Å². The highest BCUT2D eigenvalue weighted by Gasteiger charge is 1.91. The molecule has 0 aromatic carbocycles. The monoisotopic (exact) mass is 110 g/mol. The van der Waals surface area contributed by atoms with Crippen molar-refractivity contribution < 1.29 is 0 Å². The first kappa shape index (κ1) is 5.03. The number of hydrogen-bond donors (Lipinski definition) is 0. The molecule has 8 heavy (non-hydrogen) atoms. The normalized spacial score (nSPS) is 16.8. The highest BCUT2D eigenvalue weighted by molar-refractivity contribution is 5.00. The average molecular weight is 110 g/mol. The van der Waals surface area contributed by atoms with Gasteiger partial charge in [0.05, 0.1) is 5.29 Å². The highest BCUT2D eigenvalue weighted by Crippen LogP contribution is 2.00. The largest absolute Gasteiger partial charge is 0.213 e. The molecule has 3 heteroatoms. The molecular formula is C5H6N2O. The smallest absolute Gasteiger partial charge is 0.0612 e. The van der Waals surface area contributed by atoms with Crippen LogP contribution in [0.25, 0.3) is 0 Å². The van der Waals surface area contributed by atoms with E-state index in [9.17, 15) is 4.91 Å². The predicted octanol–water partition coefficient (Wildman–Crippen LogP) is 1.40. The first-order valence-electron chi connectivity index (χ1n) is 2.38. The number of nitroso groups, excluding NO2 is 1. The second-order valence-corrected chi connectivity index (χ2v) is 1.47. The van der Waals surface area contributed by atoms with Crippen LogP contribution in [0.1, 0.15) is 6.42 Å². The zero-order valence-corrected chi connectivity index (χ0v) is 4.32. The second-order valence-electron chi connectivity index (χ2n) is 1.47. The topological polar surface area (TPSA) is 32.7 Å². The third kappa shape index (κ3) is 0.932. The molecule has 0 amide bonds. The molecule has 0 unspecified atom stereocenters. The molecule has 0 spiro atoms. The van der Waals surface area contributed by atoms with Gasteiger partial charge < -0.3 is 0 Å². The zero-order chi connectivity index (χ0) is 5.82. The molecule has 1 aliphatic rings. The highest BCUT2D eigenvalue weighted by atomic mass is 16.3. The van der Waals surface area contributed by atoms with Crippen LogP contribution in [0, 0.1) is 4.91 Å². The number of allylic oxidation sites excluding steroid dienone is 2. The van der Waals surface area contributed by atoms with E-state index in [0.717, 1.165) is 6.42 Å². The molecule has 1 rings (SSSR count). The fourth-order valence-corrected chi connectivity index (χ4v) is 0.520. The Morgan fingerprint density at radius 1 is 1.38 bits per heavy atom. The summed E-state index contributed by atoms with van der Waals surface area (Å²) in [5.41, 5.74) is 0. The van der Waals surface area contributed by atoms with Crippen LogP contribution in [0.2, 0.25) is 0 Å². The van der Waals surface area contributed by atoms with Gasteiger partial charge in [-0.3, -0.25) is 0 Å². The van der Waals surface area contributed by atoms with Crippen molar-refractivity contribution in [1.29, 1.82) is 0 Å². The van der Waals surface area contributed by atoms with Gasteiger partial charge in [0.25, 0.3) is 0 Å². The summed E-state index contributed by atoms with van der Waals surface area (Å²) < 4.78 is 0. The van der Waals surface area contributed by atoms with E-state index in [4.69, 9.17) is 0 Å². The summed E-state index contributed by atoms with van der Waals surface area (Å²) >= 11 is 0. The van der Waals surface area contributed by atoms with Gasteiger partial charge in [0, 0.05) is 12.4 Å². The molecule has 1 aliphatic heterocycles. The van der Waals surface area contributed by atoms with Crippen LogP contribution in [0.15, 0.2) is 29.8 Å². The maximum absolute atomic E-state index is 9.73. The first-order valence-corrected chi connectivity index (χ1v) is 2.38. The third-order valence-corrected chi connectivity index (χ3v) is 0.883. The standard InChI is InChI=1S/C5H6N2O/c8-6-7-4-2-1-3-5-7/h2-5H,1H2. The minimum Gasteiger partial charge on any atom is -0.213 e. The summed E-state index contributed by atoms with van der Waals surface area (Å²) in [5, 5.41) is 3.88. The van der Waals surface area contributed by atoms with Gasteiger partial charge in [0.2, 0.25) is 0 Å². The molecule has 42 valence electrons. The summed E-state index contributed by atoms with van der Waals surface area (Å²) in [6, 6.07) is 0. The van der Waals surface area contributed by atoms with Crippen LogP contribution in [-0.4, -0.2) is 5.01 Å². The SMILES string of the molecule is O=NN1C=CCC=C1. The van der Waals surface area contributed by atoms with E-state index in [1.54, 1.807) is 12.4 Å². The van der Waals surface area contributed by atoms with Gasteiger partial charge >= 0.3 is 0 Å². The van der Waals surface area contributed by atoms with Crippen molar-refractivity contribution in [3.63, 3.8) is 0 Å². The lowest BCUT2D eigenvalue weighted by Gasteiger charge is -2.04. The van der Waals surface area contributed by atoms with E-state index in [1.165, 1.54) is 5.01 Å². The molecule has 0 bridgehead atoms. The van der Waals surface area contributed by atoms with Crippen LogP contribution in [0.5, 0.6) is 0 Å². The maximum Gasteiger partial charge on any atom is 0.0612 e. The Kier molecular flexibility index (Phi) is 1.42. The summed E-state index contributed by atoms with van der Waals surface area (Å²) in [7, 11) is 0. The van der Waals surface area contributed by atoms with E-state index in [0.29, 0.717) is 0 Å². The van der Waals surface area contributed by atoms with E-state index < -0.39 is 0 Å². The summed E-state index contributed by atoms with van der Waals surface area (Å²) in [6.07, 6.45) is 7.88. The minimum atomic E-state index is 0.895. The quantitative estimate of drug-likeness (QED) is 0.478. The summed E-state index contributed by atoms with van der Waals surface area (Å²) in [4.78, 5) is 9.73. The van der Waals surface area contributed by atoms with Gasteiger partial charge in [0.15, 0.2) is 0 Å². The fraction of sp³-hybridized carbons (Fsp3) is 0.200. The van der Waals surface area contributed by atoms with Crippen LogP contribution in [0.3, 0.4) is 0 Å². The summed E-state index contributed by atoms with van der Waals surface area (Å²) in [6.45, 7) is 0. The second kappa shape index (κ2) is 2.26. The zero-order valence-electron chi connectivity index (χ0n) is 4.32. The Labute approximate surface area is 47.2 Å². The molecular weight excluding hydrogens is 104 g/mol. The summed E-state index contributed by atoms with van der Waals surface area (Å²) in [5.74, 6) is 0. The molecule has 0 fully saturated rings. The Bertz CT molecular complexity index is 127. The lowest BCUT2D eigenvalue weighted by atomic mass is 10.3. The first-order chi connectivity index (χ1) is 3.93. The molecule has 1 heterocycles. The van der Waals surface area contributed by atoms with Gasteiger partial charge in [0.1, 0.15) is 0 Å². The molecule has 0 aromatic heterocycles. The Morgan fingerprint density at radius 3 is 2.38 bits per heavy atom. The lowest BCUT2D eigenvalue weighted by molar-refractivity contribution is 0.528. The van der Waals surface area contributed by atoms with Gasteiger partial charge in [-0.25, -0.2) is 5.01 Å². The Hall–Kier alpha value is -1.12. The molecule has 0 saturated heterocycles. The molecule has 0 aromatic rings. The van der Waals surface area contributed by atoms with Gasteiger partial charge in [-0.15, -0.1) is 4.91 Å². The van der Waals surface area contributed by atoms with Crippen LogP contribution in [0.4, 0.5) is 0 Å². The molecule has 0 atom stereocenters. The lowest BCUT2D eigenvalue weighted by Crippen LogP contribution is -1.99. The Balaban J connectivity index is 2.54. The van der Waals surface area contributed by atoms with E-state index >= 15 is 0 Å². The van der Waals surface area contributed by atoms with Crippen molar-refractivity contribution in [2.45, 2.75) is 6.42 Å². The molecule has 0 N–H and O–H groups in total. The molecule has 0 radical (unpaired) electrons. The minimum absolute atomic E-state index is 0.895. The molecule has 3 nitrogen and oxygen atoms in total. The van der Waals surface area contributed by atoms with Crippen LogP contribution < -0.4 is 0 Å². The third-order valence-electron chi connectivity index (χ3n) is 0.883. The van der Waals surface area contributed by atoms with Gasteiger partial charge in [-0.05, 0) is 6.42 Å². The number of rotatable bonds is 1. The predicted molar refractivity (Wildman–Crippen MR) is 30.5 cm³/mol. The van der Waals surface area contributed by atoms with Crippen LogP contribution in [-0.2, 0) is 0 Å². The van der Waals surface area contributed by atoms with E-state index in [2.05, 4.69) is 5.29 Å². The number of hydrogen-bond acceptors (Lipinski definition) is 2. The van der Waals surface area contributed by atoms with Crippen molar-refractivity contribution >= 4 is 0 Å². The average Bonchev–Trinajstić information content (AvgIpc) is 1.90. The van der Waals surface area contributed by atoms with Crippen molar-refractivity contribution in [3.05, 3.63) is 29.5 Å². The van der Waals surface area contributed by atoms with E-state index in [-0.39, 0.29) is 0 Å². The Morgan fingerprint density at radius 2 is 2.00 bits per heavy atom.